The number of hydrogen-bond acceptors (Lipinski definition) is 9. The molecule has 4 heterocycles. The molecule has 0 amide bonds. The van der Waals surface area contributed by atoms with Gasteiger partial charge in [-0.1, -0.05) is 29.0 Å². The maximum Gasteiger partial charge on any atom is 0.190 e. The molecule has 1 aromatic carbocycles. The van der Waals surface area contributed by atoms with E-state index in [0.29, 0.717) is 10.9 Å². The zero-order valence-electron chi connectivity index (χ0n) is 19.2. The minimum atomic E-state index is -0.325. The van der Waals surface area contributed by atoms with E-state index in [2.05, 4.69) is 56.3 Å². The lowest BCUT2D eigenvalue weighted by Gasteiger charge is -2.23. The van der Waals surface area contributed by atoms with Gasteiger partial charge in [0, 0.05) is 38.1 Å². The molecule has 174 valence electrons. The number of pyridine rings is 2. The van der Waals surface area contributed by atoms with Gasteiger partial charge in [-0.3, -0.25) is 4.90 Å². The molecule has 1 aliphatic heterocycles. The molecule has 3 N–H and O–H groups in total. The smallest absolute Gasteiger partial charge is 0.190 e. The van der Waals surface area contributed by atoms with Crippen molar-refractivity contribution in [3.8, 4) is 0 Å². The molecule has 4 aromatic rings. The molecular weight excluding hydrogens is 446 g/mol. The molecule has 1 fully saturated rings. The molecule has 2 atom stereocenters. The van der Waals surface area contributed by atoms with E-state index in [4.69, 9.17) is 10.7 Å². The minimum absolute atomic E-state index is 0.118. The standard InChI is InChI=1S/C25H27N7OS/c1-16-3-5-19(6-4-16)31(2)23-8-7-20-24(30-23)34-25(28-20)29-22-13-17(9-11-27-22)21(15-33)32-12-10-18(26)14-32/h3-9,11,13,15,18,21H,10,12,14,26H2,1-2H3,(H,27,28,29)/t18-,21?/m0/s1. The van der Waals surface area contributed by atoms with Crippen LogP contribution >= 0.6 is 11.3 Å². The minimum Gasteiger partial charge on any atom is -0.329 e. The Hall–Kier alpha value is -3.40. The van der Waals surface area contributed by atoms with Crippen molar-refractivity contribution in [3.63, 3.8) is 0 Å². The third-order valence-corrected chi connectivity index (χ3v) is 7.03. The van der Waals surface area contributed by atoms with Crippen LogP contribution in [0.15, 0.2) is 54.7 Å². The Labute approximate surface area is 202 Å². The zero-order chi connectivity index (χ0) is 23.7. The summed E-state index contributed by atoms with van der Waals surface area (Å²) in [4.78, 5) is 30.8. The van der Waals surface area contributed by atoms with Crippen LogP contribution < -0.4 is 16.0 Å². The first-order chi connectivity index (χ1) is 16.5. The molecule has 5 rings (SSSR count). The van der Waals surface area contributed by atoms with Crippen molar-refractivity contribution in [1.82, 2.24) is 19.9 Å². The first-order valence-electron chi connectivity index (χ1n) is 11.3. The van der Waals surface area contributed by atoms with Gasteiger partial charge in [-0.2, -0.15) is 0 Å². The average Bonchev–Trinajstić information content (AvgIpc) is 3.45. The van der Waals surface area contributed by atoms with Gasteiger partial charge in [0.1, 0.15) is 28.3 Å². The van der Waals surface area contributed by atoms with Crippen molar-refractivity contribution in [3.05, 3.63) is 65.9 Å². The maximum absolute atomic E-state index is 11.8. The van der Waals surface area contributed by atoms with Crippen LogP contribution in [0.2, 0.25) is 0 Å². The zero-order valence-corrected chi connectivity index (χ0v) is 20.0. The number of fused-ring (bicyclic) bond motifs is 1. The largest absolute Gasteiger partial charge is 0.329 e. The second-order valence-corrected chi connectivity index (χ2v) is 9.61. The summed E-state index contributed by atoms with van der Waals surface area (Å²) in [5.74, 6) is 1.49. The second kappa shape index (κ2) is 9.46. The summed E-state index contributed by atoms with van der Waals surface area (Å²) in [7, 11) is 2.01. The molecule has 1 aliphatic rings. The van der Waals surface area contributed by atoms with Crippen LogP contribution in [-0.4, -0.2) is 52.3 Å². The third-order valence-electron chi connectivity index (χ3n) is 6.14. The second-order valence-electron chi connectivity index (χ2n) is 8.63. The van der Waals surface area contributed by atoms with Gasteiger partial charge in [-0.05, 0) is 55.3 Å². The first-order valence-corrected chi connectivity index (χ1v) is 12.1. The molecule has 0 aliphatic carbocycles. The van der Waals surface area contributed by atoms with Crippen LogP contribution in [-0.2, 0) is 4.79 Å². The van der Waals surface area contributed by atoms with Gasteiger partial charge in [0.2, 0.25) is 0 Å². The fourth-order valence-corrected chi connectivity index (χ4v) is 5.04. The quantitative estimate of drug-likeness (QED) is 0.386. The van der Waals surface area contributed by atoms with Gasteiger partial charge in [0.15, 0.2) is 5.13 Å². The number of nitrogens with zero attached hydrogens (tertiary/aromatic N) is 5. The van der Waals surface area contributed by atoms with E-state index in [1.807, 2.05) is 31.3 Å². The van der Waals surface area contributed by atoms with E-state index in [9.17, 15) is 4.79 Å². The van der Waals surface area contributed by atoms with Crippen molar-refractivity contribution in [2.24, 2.45) is 5.73 Å². The number of likely N-dealkylation sites (tertiary alicyclic amines) is 1. The summed E-state index contributed by atoms with van der Waals surface area (Å²) < 4.78 is 0. The normalized spacial score (nSPS) is 17.1. The monoisotopic (exact) mass is 473 g/mol. The Kier molecular flexibility index (Phi) is 6.23. The highest BCUT2D eigenvalue weighted by atomic mass is 32.1. The van der Waals surface area contributed by atoms with Crippen molar-refractivity contribution >= 4 is 50.4 Å². The molecule has 0 spiro atoms. The highest BCUT2D eigenvalue weighted by molar-refractivity contribution is 7.21. The van der Waals surface area contributed by atoms with E-state index in [0.717, 1.165) is 53.2 Å². The van der Waals surface area contributed by atoms with E-state index in [1.165, 1.54) is 16.9 Å². The fourth-order valence-electron chi connectivity index (χ4n) is 4.20. The van der Waals surface area contributed by atoms with Gasteiger partial charge < -0.3 is 20.7 Å². The first kappa shape index (κ1) is 22.4. The van der Waals surface area contributed by atoms with Gasteiger partial charge in [0.05, 0.1) is 6.04 Å². The number of nitrogens with two attached hydrogens (primary N) is 1. The number of benzene rings is 1. The summed E-state index contributed by atoms with van der Waals surface area (Å²) in [6, 6.07) is 15.9. The average molecular weight is 474 g/mol. The van der Waals surface area contributed by atoms with E-state index < -0.39 is 0 Å². The molecule has 0 radical (unpaired) electrons. The van der Waals surface area contributed by atoms with Crippen molar-refractivity contribution < 1.29 is 4.79 Å². The summed E-state index contributed by atoms with van der Waals surface area (Å²) in [5.41, 5.74) is 10.0. The summed E-state index contributed by atoms with van der Waals surface area (Å²) in [6.07, 6.45) is 3.59. The molecule has 9 heteroatoms. The topological polar surface area (TPSA) is 100 Å². The van der Waals surface area contributed by atoms with E-state index in [-0.39, 0.29) is 12.1 Å². The number of aryl methyl sites for hydroxylation is 1. The predicted molar refractivity (Wildman–Crippen MR) is 137 cm³/mol. The Balaban J connectivity index is 1.35. The number of carbonyl (C=O) groups excluding carboxylic acids is 1. The number of carbonyl (C=O) groups is 1. The molecule has 1 unspecified atom stereocenters. The fraction of sp³-hybridized carbons (Fsp3) is 0.280. The van der Waals surface area contributed by atoms with Crippen molar-refractivity contribution in [2.45, 2.75) is 25.4 Å². The van der Waals surface area contributed by atoms with Crippen molar-refractivity contribution in [2.75, 3.05) is 30.4 Å². The number of nitrogens with one attached hydrogen (secondary N) is 1. The Morgan fingerprint density at radius 2 is 2.03 bits per heavy atom. The number of anilines is 4. The number of aromatic nitrogens is 3. The van der Waals surface area contributed by atoms with Gasteiger partial charge in [0.25, 0.3) is 0 Å². The van der Waals surface area contributed by atoms with Gasteiger partial charge in [-0.25, -0.2) is 15.0 Å². The maximum atomic E-state index is 11.8. The third kappa shape index (κ3) is 4.63. The van der Waals surface area contributed by atoms with Crippen LogP contribution in [0.4, 0.5) is 22.5 Å². The molecular formula is C25H27N7OS. The number of rotatable bonds is 7. The number of aldehydes is 1. The highest BCUT2D eigenvalue weighted by Gasteiger charge is 2.27. The number of hydrogen-bond donors (Lipinski definition) is 2. The Bertz CT molecular complexity index is 1310. The molecule has 34 heavy (non-hydrogen) atoms. The lowest BCUT2D eigenvalue weighted by atomic mass is 10.1. The SMILES string of the molecule is Cc1ccc(N(C)c2ccc3nc(Nc4cc(C(C=O)N5CC[C@H](N)C5)ccn4)sc3n2)cc1. The van der Waals surface area contributed by atoms with Crippen molar-refractivity contribution in [1.29, 1.82) is 0 Å². The Morgan fingerprint density at radius 3 is 2.76 bits per heavy atom. The predicted octanol–water partition coefficient (Wildman–Crippen LogP) is 4.18. The van der Waals surface area contributed by atoms with Crippen LogP contribution in [0.25, 0.3) is 10.3 Å². The van der Waals surface area contributed by atoms with Crippen LogP contribution in [0.1, 0.15) is 23.6 Å². The Morgan fingerprint density at radius 1 is 1.21 bits per heavy atom. The summed E-state index contributed by atoms with van der Waals surface area (Å²) in [5, 5.41) is 3.98. The van der Waals surface area contributed by atoms with Crippen LogP contribution in [0.5, 0.6) is 0 Å². The highest BCUT2D eigenvalue weighted by Crippen LogP contribution is 2.31. The van der Waals surface area contributed by atoms with E-state index in [1.54, 1.807) is 6.20 Å². The van der Waals surface area contributed by atoms with E-state index >= 15 is 0 Å². The van der Waals surface area contributed by atoms with Crippen LogP contribution in [0, 0.1) is 6.92 Å². The molecule has 8 nitrogen and oxygen atoms in total. The van der Waals surface area contributed by atoms with Crippen LogP contribution in [0.3, 0.4) is 0 Å². The summed E-state index contributed by atoms with van der Waals surface area (Å²) >= 11 is 1.47. The molecule has 1 saturated heterocycles. The lowest BCUT2D eigenvalue weighted by molar-refractivity contribution is -0.112. The lowest BCUT2D eigenvalue weighted by Crippen LogP contribution is -2.31. The van der Waals surface area contributed by atoms with Gasteiger partial charge >= 0.3 is 0 Å². The molecule has 0 bridgehead atoms. The number of thiazole rings is 1. The summed E-state index contributed by atoms with van der Waals surface area (Å²) in [6.45, 7) is 3.61. The van der Waals surface area contributed by atoms with Gasteiger partial charge in [-0.15, -0.1) is 0 Å². The molecule has 3 aromatic heterocycles. The molecule has 0 saturated carbocycles.